The standard InChI is InChI=1S/C18H22N2O3S/c1-14-2-4-15(5-3-14)8-11-18(21)20-13-12-16-6-9-17(10-7-16)24(19,22)23/h2-7,9-10H,8,11-13H2,1H3,(H,20,21)(H2,19,22,23). The molecule has 0 fully saturated rings. The van der Waals surface area contributed by atoms with Crippen LogP contribution in [0.3, 0.4) is 0 Å². The van der Waals surface area contributed by atoms with Gasteiger partial charge in [-0.3, -0.25) is 4.79 Å². The molecule has 2 rings (SSSR count). The summed E-state index contributed by atoms with van der Waals surface area (Å²) in [5, 5.41) is 7.93. The van der Waals surface area contributed by atoms with Crippen molar-refractivity contribution in [2.45, 2.75) is 31.1 Å². The van der Waals surface area contributed by atoms with Gasteiger partial charge in [0.05, 0.1) is 4.90 Å². The predicted molar refractivity (Wildman–Crippen MR) is 94.0 cm³/mol. The van der Waals surface area contributed by atoms with E-state index in [1.807, 2.05) is 31.2 Å². The number of rotatable bonds is 7. The highest BCUT2D eigenvalue weighted by molar-refractivity contribution is 7.89. The highest BCUT2D eigenvalue weighted by Crippen LogP contribution is 2.09. The summed E-state index contributed by atoms with van der Waals surface area (Å²) < 4.78 is 22.4. The molecule has 0 saturated carbocycles. The molecule has 0 saturated heterocycles. The molecule has 3 N–H and O–H groups in total. The number of hydrogen-bond acceptors (Lipinski definition) is 3. The summed E-state index contributed by atoms with van der Waals surface area (Å²) in [4.78, 5) is 11.9. The minimum absolute atomic E-state index is 0.0109. The van der Waals surface area contributed by atoms with Crippen LogP contribution in [0.2, 0.25) is 0 Å². The topological polar surface area (TPSA) is 89.3 Å². The van der Waals surface area contributed by atoms with Crippen LogP contribution in [0.4, 0.5) is 0 Å². The summed E-state index contributed by atoms with van der Waals surface area (Å²) in [6.07, 6.45) is 1.81. The molecule has 128 valence electrons. The van der Waals surface area contributed by atoms with Gasteiger partial charge in [-0.1, -0.05) is 42.0 Å². The largest absolute Gasteiger partial charge is 0.356 e. The van der Waals surface area contributed by atoms with E-state index < -0.39 is 10.0 Å². The molecule has 0 radical (unpaired) electrons. The fourth-order valence-electron chi connectivity index (χ4n) is 2.29. The van der Waals surface area contributed by atoms with E-state index in [9.17, 15) is 13.2 Å². The Labute approximate surface area is 142 Å². The lowest BCUT2D eigenvalue weighted by Crippen LogP contribution is -2.25. The number of carbonyl (C=O) groups excluding carboxylic acids is 1. The van der Waals surface area contributed by atoms with Crippen LogP contribution in [0, 0.1) is 6.92 Å². The minimum atomic E-state index is -3.66. The van der Waals surface area contributed by atoms with Crippen LogP contribution in [0.1, 0.15) is 23.1 Å². The first-order chi connectivity index (χ1) is 11.3. The number of benzene rings is 2. The SMILES string of the molecule is Cc1ccc(CCC(=O)NCCc2ccc(S(N)(=O)=O)cc2)cc1. The Morgan fingerprint density at radius 3 is 2.08 bits per heavy atom. The molecule has 0 aliphatic carbocycles. The molecule has 0 atom stereocenters. The number of amides is 1. The van der Waals surface area contributed by atoms with E-state index in [0.29, 0.717) is 19.4 Å². The van der Waals surface area contributed by atoms with E-state index >= 15 is 0 Å². The van der Waals surface area contributed by atoms with Gasteiger partial charge in [0.15, 0.2) is 0 Å². The zero-order valence-corrected chi connectivity index (χ0v) is 14.5. The molecular weight excluding hydrogens is 324 g/mol. The van der Waals surface area contributed by atoms with Crippen LogP contribution in [0.15, 0.2) is 53.4 Å². The minimum Gasteiger partial charge on any atom is -0.356 e. The Morgan fingerprint density at radius 1 is 0.958 bits per heavy atom. The maximum atomic E-state index is 11.9. The third-order valence-electron chi connectivity index (χ3n) is 3.75. The third kappa shape index (κ3) is 5.79. The van der Waals surface area contributed by atoms with E-state index in [4.69, 9.17) is 5.14 Å². The number of primary sulfonamides is 1. The summed E-state index contributed by atoms with van der Waals surface area (Å²) in [6, 6.07) is 14.5. The van der Waals surface area contributed by atoms with Crippen molar-refractivity contribution in [3.05, 3.63) is 65.2 Å². The smallest absolute Gasteiger partial charge is 0.238 e. The van der Waals surface area contributed by atoms with Gasteiger partial charge in [0.2, 0.25) is 15.9 Å². The number of aryl methyl sites for hydroxylation is 2. The summed E-state index contributed by atoms with van der Waals surface area (Å²) in [7, 11) is -3.66. The average molecular weight is 346 g/mol. The Balaban J connectivity index is 1.73. The second-order valence-corrected chi connectivity index (χ2v) is 7.34. The van der Waals surface area contributed by atoms with Crippen molar-refractivity contribution in [2.24, 2.45) is 5.14 Å². The molecule has 24 heavy (non-hydrogen) atoms. The Kier molecular flexibility index (Phi) is 6.11. The van der Waals surface area contributed by atoms with Crippen molar-refractivity contribution < 1.29 is 13.2 Å². The molecule has 0 aromatic heterocycles. The molecule has 0 spiro atoms. The summed E-state index contributed by atoms with van der Waals surface area (Å²) in [6.45, 7) is 2.55. The fourth-order valence-corrected chi connectivity index (χ4v) is 2.81. The summed E-state index contributed by atoms with van der Waals surface area (Å²) in [5.74, 6) is 0.0109. The van der Waals surface area contributed by atoms with Crippen molar-refractivity contribution in [1.29, 1.82) is 0 Å². The second-order valence-electron chi connectivity index (χ2n) is 5.77. The molecule has 0 heterocycles. The van der Waals surface area contributed by atoms with Crippen molar-refractivity contribution in [1.82, 2.24) is 5.32 Å². The molecule has 0 aliphatic rings. The molecule has 0 unspecified atom stereocenters. The highest BCUT2D eigenvalue weighted by atomic mass is 32.2. The molecule has 6 heteroatoms. The average Bonchev–Trinajstić information content (AvgIpc) is 2.54. The lowest BCUT2D eigenvalue weighted by Gasteiger charge is -2.06. The summed E-state index contributed by atoms with van der Waals surface area (Å²) >= 11 is 0. The number of hydrogen-bond donors (Lipinski definition) is 2. The molecular formula is C18H22N2O3S. The molecule has 1 amide bonds. The van der Waals surface area contributed by atoms with Crippen molar-refractivity contribution in [3.8, 4) is 0 Å². The monoisotopic (exact) mass is 346 g/mol. The number of carbonyl (C=O) groups is 1. The lowest BCUT2D eigenvalue weighted by atomic mass is 10.1. The maximum absolute atomic E-state index is 11.9. The van der Waals surface area contributed by atoms with Gasteiger partial charge in [0, 0.05) is 13.0 Å². The van der Waals surface area contributed by atoms with E-state index in [-0.39, 0.29) is 10.8 Å². The maximum Gasteiger partial charge on any atom is 0.238 e. The second kappa shape index (κ2) is 8.08. The molecule has 2 aromatic carbocycles. The van der Waals surface area contributed by atoms with Crippen LogP contribution >= 0.6 is 0 Å². The van der Waals surface area contributed by atoms with E-state index in [1.165, 1.54) is 17.7 Å². The Bertz CT molecular complexity index is 782. The van der Waals surface area contributed by atoms with Crippen molar-refractivity contribution in [2.75, 3.05) is 6.54 Å². The van der Waals surface area contributed by atoms with Crippen LogP contribution in [-0.2, 0) is 27.7 Å². The fraction of sp³-hybridized carbons (Fsp3) is 0.278. The van der Waals surface area contributed by atoms with Crippen LogP contribution in [0.25, 0.3) is 0 Å². The first-order valence-corrected chi connectivity index (χ1v) is 9.33. The van der Waals surface area contributed by atoms with E-state index in [1.54, 1.807) is 12.1 Å². The van der Waals surface area contributed by atoms with Gasteiger partial charge in [-0.2, -0.15) is 0 Å². The van der Waals surface area contributed by atoms with Gasteiger partial charge in [-0.25, -0.2) is 13.6 Å². The lowest BCUT2D eigenvalue weighted by molar-refractivity contribution is -0.121. The zero-order chi connectivity index (χ0) is 17.6. The zero-order valence-electron chi connectivity index (χ0n) is 13.7. The predicted octanol–water partition coefficient (Wildman–Crippen LogP) is 1.93. The molecule has 0 aliphatic heterocycles. The highest BCUT2D eigenvalue weighted by Gasteiger charge is 2.07. The normalized spacial score (nSPS) is 11.2. The van der Waals surface area contributed by atoms with Gasteiger partial charge in [0.25, 0.3) is 0 Å². The van der Waals surface area contributed by atoms with E-state index in [2.05, 4.69) is 5.32 Å². The third-order valence-corrected chi connectivity index (χ3v) is 4.68. The van der Waals surface area contributed by atoms with E-state index in [0.717, 1.165) is 17.5 Å². The van der Waals surface area contributed by atoms with Crippen molar-refractivity contribution in [3.63, 3.8) is 0 Å². The molecule has 2 aromatic rings. The first-order valence-electron chi connectivity index (χ1n) is 7.78. The first kappa shape index (κ1) is 18.2. The van der Waals surface area contributed by atoms with Crippen LogP contribution in [-0.4, -0.2) is 20.9 Å². The van der Waals surface area contributed by atoms with Crippen LogP contribution in [0.5, 0.6) is 0 Å². The van der Waals surface area contributed by atoms with Gasteiger partial charge < -0.3 is 5.32 Å². The molecule has 0 bridgehead atoms. The van der Waals surface area contributed by atoms with Gasteiger partial charge >= 0.3 is 0 Å². The number of sulfonamides is 1. The van der Waals surface area contributed by atoms with Gasteiger partial charge in [-0.15, -0.1) is 0 Å². The van der Waals surface area contributed by atoms with Gasteiger partial charge in [-0.05, 0) is 43.0 Å². The quantitative estimate of drug-likeness (QED) is 0.803. The Morgan fingerprint density at radius 2 is 1.50 bits per heavy atom. The number of nitrogens with one attached hydrogen (secondary N) is 1. The Hall–Kier alpha value is -2.18. The summed E-state index contributed by atoms with van der Waals surface area (Å²) in [5.41, 5.74) is 3.30. The van der Waals surface area contributed by atoms with Gasteiger partial charge in [0.1, 0.15) is 0 Å². The number of nitrogens with two attached hydrogens (primary N) is 1. The van der Waals surface area contributed by atoms with Crippen LogP contribution < -0.4 is 10.5 Å². The molecule has 5 nitrogen and oxygen atoms in total. The van der Waals surface area contributed by atoms with Crippen molar-refractivity contribution >= 4 is 15.9 Å².